The van der Waals surface area contributed by atoms with Crippen molar-refractivity contribution in [3.8, 4) is 0 Å². The van der Waals surface area contributed by atoms with E-state index in [4.69, 9.17) is 8.85 Å². The van der Waals surface area contributed by atoms with Gasteiger partial charge in [0, 0.05) is 12.7 Å². The van der Waals surface area contributed by atoms with Gasteiger partial charge in [0.2, 0.25) is 0 Å². The van der Waals surface area contributed by atoms with Gasteiger partial charge in [-0.25, -0.2) is 0 Å². The zero-order valence-corrected chi connectivity index (χ0v) is 15.8. The average Bonchev–Trinajstić information content (AvgIpc) is 2.46. The predicted molar refractivity (Wildman–Crippen MR) is 91.4 cm³/mol. The maximum absolute atomic E-state index is 6.49. The minimum absolute atomic E-state index is 0.363. The molecule has 0 N–H and O–H groups in total. The normalized spacial score (nSPS) is 13.9. The largest absolute Gasteiger partial charge is 0.394 e. The molecular formula is C17H38O2Si. The number of hydrogen-bond acceptors (Lipinski definition) is 2. The van der Waals surface area contributed by atoms with Crippen LogP contribution in [0.15, 0.2) is 0 Å². The van der Waals surface area contributed by atoms with Crippen LogP contribution in [0, 0.1) is 5.92 Å². The third-order valence-electron chi connectivity index (χ3n) is 4.20. The number of hydrogen-bond donors (Lipinski definition) is 0. The Morgan fingerprint density at radius 3 is 1.90 bits per heavy atom. The fraction of sp³-hybridized carbons (Fsp3) is 1.00. The van der Waals surface area contributed by atoms with E-state index in [1.165, 1.54) is 32.1 Å². The lowest BCUT2D eigenvalue weighted by atomic mass is 10.1. The first-order valence-electron chi connectivity index (χ1n) is 8.86. The van der Waals surface area contributed by atoms with Crippen molar-refractivity contribution in [2.75, 3.05) is 6.61 Å². The topological polar surface area (TPSA) is 18.5 Å². The summed E-state index contributed by atoms with van der Waals surface area (Å²) >= 11 is 0. The van der Waals surface area contributed by atoms with Crippen molar-refractivity contribution >= 4 is 8.56 Å². The molecule has 0 radical (unpaired) electrons. The quantitative estimate of drug-likeness (QED) is 0.311. The van der Waals surface area contributed by atoms with Gasteiger partial charge in [-0.1, -0.05) is 67.2 Å². The van der Waals surface area contributed by atoms with Crippen LogP contribution >= 0.6 is 0 Å². The van der Waals surface area contributed by atoms with Crippen LogP contribution in [0.5, 0.6) is 0 Å². The molecule has 0 amide bonds. The number of rotatable bonds is 13. The molecule has 20 heavy (non-hydrogen) atoms. The molecule has 0 aliphatic carbocycles. The molecule has 0 fully saturated rings. The summed E-state index contributed by atoms with van der Waals surface area (Å²) in [4.78, 5) is 0. The monoisotopic (exact) mass is 302 g/mol. The molecule has 0 heterocycles. The Morgan fingerprint density at radius 2 is 1.45 bits per heavy atom. The molecule has 0 spiro atoms. The van der Waals surface area contributed by atoms with Gasteiger partial charge in [-0.3, -0.25) is 0 Å². The highest BCUT2D eigenvalue weighted by Gasteiger charge is 2.36. The minimum atomic E-state index is -1.96. The molecule has 0 aliphatic heterocycles. The summed E-state index contributed by atoms with van der Waals surface area (Å²) < 4.78 is 12.8. The second kappa shape index (κ2) is 11.8. The summed E-state index contributed by atoms with van der Waals surface area (Å²) in [7, 11) is -1.96. The van der Waals surface area contributed by atoms with Gasteiger partial charge >= 0.3 is 8.56 Å². The van der Waals surface area contributed by atoms with Gasteiger partial charge in [-0.15, -0.1) is 0 Å². The van der Waals surface area contributed by atoms with Crippen molar-refractivity contribution in [1.82, 2.24) is 0 Å². The summed E-state index contributed by atoms with van der Waals surface area (Å²) in [5.41, 5.74) is 0. The highest BCUT2D eigenvalue weighted by molar-refractivity contribution is 6.67. The standard InChI is InChI=1S/C17H38O2Si/c1-7-11-12-13-14-15-18-20(9-3,10-4)19-17(8-2)16(5)6/h16-17H,7-15H2,1-6H3. The van der Waals surface area contributed by atoms with Crippen molar-refractivity contribution < 1.29 is 8.85 Å². The molecule has 1 unspecified atom stereocenters. The Morgan fingerprint density at radius 1 is 0.850 bits per heavy atom. The first-order chi connectivity index (χ1) is 9.55. The maximum Gasteiger partial charge on any atom is 0.337 e. The average molecular weight is 303 g/mol. The zero-order valence-electron chi connectivity index (χ0n) is 14.8. The molecule has 0 aliphatic rings. The Labute approximate surface area is 128 Å². The van der Waals surface area contributed by atoms with Crippen LogP contribution in [0.3, 0.4) is 0 Å². The lowest BCUT2D eigenvalue weighted by Gasteiger charge is -2.34. The highest BCUT2D eigenvalue weighted by atomic mass is 28.4. The van der Waals surface area contributed by atoms with Crippen LogP contribution in [-0.2, 0) is 8.85 Å². The van der Waals surface area contributed by atoms with Gasteiger partial charge in [0.1, 0.15) is 0 Å². The fourth-order valence-corrected chi connectivity index (χ4v) is 5.40. The molecule has 2 nitrogen and oxygen atoms in total. The first kappa shape index (κ1) is 20.1. The zero-order chi connectivity index (χ0) is 15.4. The van der Waals surface area contributed by atoms with E-state index >= 15 is 0 Å². The summed E-state index contributed by atoms with van der Waals surface area (Å²) in [6.07, 6.45) is 7.94. The summed E-state index contributed by atoms with van der Waals surface area (Å²) in [6, 6.07) is 2.14. The lowest BCUT2D eigenvalue weighted by Crippen LogP contribution is -2.45. The Kier molecular flexibility index (Phi) is 11.8. The van der Waals surface area contributed by atoms with Gasteiger partial charge in [0.05, 0.1) is 0 Å². The summed E-state index contributed by atoms with van der Waals surface area (Å²) in [5, 5.41) is 0. The second-order valence-corrected chi connectivity index (χ2v) is 9.95. The second-order valence-electron chi connectivity index (χ2n) is 6.19. The predicted octanol–water partition coefficient (Wildman–Crippen LogP) is 5.91. The van der Waals surface area contributed by atoms with E-state index in [2.05, 4.69) is 41.5 Å². The number of unbranched alkanes of at least 4 members (excludes halogenated alkanes) is 4. The van der Waals surface area contributed by atoms with Crippen LogP contribution < -0.4 is 0 Å². The van der Waals surface area contributed by atoms with Gasteiger partial charge < -0.3 is 8.85 Å². The SMILES string of the molecule is CCCCCCCO[Si](CC)(CC)OC(CC)C(C)C. The van der Waals surface area contributed by atoms with E-state index < -0.39 is 8.56 Å². The van der Waals surface area contributed by atoms with Crippen LogP contribution in [0.1, 0.15) is 80.1 Å². The lowest BCUT2D eigenvalue weighted by molar-refractivity contribution is 0.0788. The molecule has 0 aromatic rings. The van der Waals surface area contributed by atoms with Crippen molar-refractivity contribution in [2.24, 2.45) is 5.92 Å². The molecule has 1 atom stereocenters. The van der Waals surface area contributed by atoms with E-state index in [0.717, 1.165) is 25.1 Å². The minimum Gasteiger partial charge on any atom is -0.394 e. The van der Waals surface area contributed by atoms with E-state index in [-0.39, 0.29) is 0 Å². The van der Waals surface area contributed by atoms with Crippen molar-refractivity contribution in [2.45, 2.75) is 98.3 Å². The van der Waals surface area contributed by atoms with Gasteiger partial charge in [0.25, 0.3) is 0 Å². The van der Waals surface area contributed by atoms with Crippen molar-refractivity contribution in [3.63, 3.8) is 0 Å². The fourth-order valence-electron chi connectivity index (χ4n) is 2.59. The van der Waals surface area contributed by atoms with Gasteiger partial charge in [0.15, 0.2) is 0 Å². The Bertz CT molecular complexity index is 215. The maximum atomic E-state index is 6.49. The summed E-state index contributed by atoms with van der Waals surface area (Å²) in [5.74, 6) is 0.582. The molecule has 0 saturated carbocycles. The smallest absolute Gasteiger partial charge is 0.337 e. The first-order valence-corrected chi connectivity index (χ1v) is 11.1. The van der Waals surface area contributed by atoms with Crippen LogP contribution in [0.2, 0.25) is 12.1 Å². The molecule has 0 aromatic carbocycles. The van der Waals surface area contributed by atoms with Crippen LogP contribution in [0.25, 0.3) is 0 Å². The van der Waals surface area contributed by atoms with E-state index in [1.807, 2.05) is 0 Å². The van der Waals surface area contributed by atoms with Crippen LogP contribution in [-0.4, -0.2) is 21.3 Å². The van der Waals surface area contributed by atoms with E-state index in [1.54, 1.807) is 0 Å². The molecule has 0 rings (SSSR count). The third kappa shape index (κ3) is 7.80. The Balaban J connectivity index is 4.23. The molecule has 122 valence electrons. The highest BCUT2D eigenvalue weighted by Crippen LogP contribution is 2.25. The Hall–Kier alpha value is 0.137. The van der Waals surface area contributed by atoms with E-state index in [0.29, 0.717) is 12.0 Å². The molecule has 0 aromatic heterocycles. The molecule has 3 heteroatoms. The van der Waals surface area contributed by atoms with Crippen molar-refractivity contribution in [3.05, 3.63) is 0 Å². The van der Waals surface area contributed by atoms with E-state index in [9.17, 15) is 0 Å². The third-order valence-corrected chi connectivity index (χ3v) is 7.82. The van der Waals surface area contributed by atoms with Gasteiger partial charge in [-0.2, -0.15) is 0 Å². The summed E-state index contributed by atoms with van der Waals surface area (Å²) in [6.45, 7) is 14.4. The molecular weight excluding hydrogens is 264 g/mol. The molecule has 0 saturated heterocycles. The van der Waals surface area contributed by atoms with Crippen LogP contribution in [0.4, 0.5) is 0 Å². The van der Waals surface area contributed by atoms with Gasteiger partial charge in [-0.05, 0) is 30.8 Å². The van der Waals surface area contributed by atoms with Crippen molar-refractivity contribution in [1.29, 1.82) is 0 Å². The molecule has 0 bridgehead atoms.